The summed E-state index contributed by atoms with van der Waals surface area (Å²) in [6, 6.07) is 7.72. The average Bonchev–Trinajstić information content (AvgIpc) is 2.98. The molecule has 42 heavy (non-hydrogen) atoms. The molecule has 4 N–H and O–H groups in total. The molecule has 11 heteroatoms. The summed E-state index contributed by atoms with van der Waals surface area (Å²) >= 11 is 0. The Morgan fingerprint density at radius 2 is 1.81 bits per heavy atom. The molecule has 1 aromatic heterocycles. The van der Waals surface area contributed by atoms with Crippen LogP contribution in [0.15, 0.2) is 36.4 Å². The number of hydrazine groups is 1. The molecule has 0 saturated carbocycles. The minimum Gasteiger partial charge on any atom is -0.468 e. The SMILES string of the molecule is COC(=O)C(C)(C)/C=C/c1ccc2ccc([C@@H](C)NC(=O)[C@@H]3CCCN(C(=O)[C@H](C)NC(=O)[C@@H](O)C(C)C)N3)nc2c1. The third-order valence-electron chi connectivity index (χ3n) is 7.34. The number of nitrogens with zero attached hydrogens (tertiary/aromatic N) is 2. The average molecular weight is 582 g/mol. The summed E-state index contributed by atoms with van der Waals surface area (Å²) in [5.74, 6) is -1.87. The van der Waals surface area contributed by atoms with Gasteiger partial charge in [0.1, 0.15) is 18.2 Å². The number of amides is 3. The van der Waals surface area contributed by atoms with E-state index in [1.165, 1.54) is 12.1 Å². The van der Waals surface area contributed by atoms with Crippen LogP contribution in [-0.2, 0) is 23.9 Å². The number of ether oxygens (including phenoxy) is 1. The number of nitrogens with one attached hydrogen (secondary N) is 3. The number of carbonyl (C=O) groups is 4. The number of rotatable bonds is 10. The van der Waals surface area contributed by atoms with Crippen molar-refractivity contribution in [1.29, 1.82) is 0 Å². The Morgan fingerprint density at radius 3 is 2.48 bits per heavy atom. The number of pyridine rings is 1. The number of aromatic nitrogens is 1. The predicted octanol–water partition coefficient (Wildman–Crippen LogP) is 2.64. The lowest BCUT2D eigenvalue weighted by Gasteiger charge is -2.35. The zero-order valence-corrected chi connectivity index (χ0v) is 25.4. The van der Waals surface area contributed by atoms with E-state index >= 15 is 0 Å². The monoisotopic (exact) mass is 581 g/mol. The van der Waals surface area contributed by atoms with Gasteiger partial charge in [-0.1, -0.05) is 44.2 Å². The second-order valence-electron chi connectivity index (χ2n) is 11.7. The molecule has 0 radical (unpaired) electrons. The number of aliphatic hydroxyl groups excluding tert-OH is 1. The molecule has 1 saturated heterocycles. The number of carbonyl (C=O) groups excluding carboxylic acids is 4. The van der Waals surface area contributed by atoms with Crippen molar-refractivity contribution in [3.05, 3.63) is 47.7 Å². The van der Waals surface area contributed by atoms with Crippen LogP contribution >= 0.6 is 0 Å². The number of hydrogen-bond donors (Lipinski definition) is 4. The van der Waals surface area contributed by atoms with Gasteiger partial charge in [0.15, 0.2) is 0 Å². The van der Waals surface area contributed by atoms with E-state index in [1.807, 2.05) is 43.3 Å². The smallest absolute Gasteiger partial charge is 0.315 e. The van der Waals surface area contributed by atoms with Crippen LogP contribution in [0.25, 0.3) is 17.0 Å². The van der Waals surface area contributed by atoms with Crippen molar-refractivity contribution < 1.29 is 29.0 Å². The maximum absolute atomic E-state index is 13.1. The first-order valence-corrected chi connectivity index (χ1v) is 14.3. The minimum atomic E-state index is -1.21. The topological polar surface area (TPSA) is 150 Å². The van der Waals surface area contributed by atoms with Gasteiger partial charge < -0.3 is 20.5 Å². The Labute approximate surface area is 247 Å². The van der Waals surface area contributed by atoms with Gasteiger partial charge >= 0.3 is 5.97 Å². The molecule has 1 aliphatic heterocycles. The summed E-state index contributed by atoms with van der Waals surface area (Å²) in [7, 11) is 1.36. The molecule has 4 atom stereocenters. The number of hydrogen-bond acceptors (Lipinski definition) is 8. The highest BCUT2D eigenvalue weighted by atomic mass is 16.5. The summed E-state index contributed by atoms with van der Waals surface area (Å²) in [4.78, 5) is 55.0. The third-order valence-corrected chi connectivity index (χ3v) is 7.34. The van der Waals surface area contributed by atoms with Crippen LogP contribution in [0.1, 0.15) is 71.7 Å². The number of methoxy groups -OCH3 is 1. The van der Waals surface area contributed by atoms with Gasteiger partial charge in [-0.15, -0.1) is 0 Å². The second kappa shape index (κ2) is 13.9. The lowest BCUT2D eigenvalue weighted by molar-refractivity contribution is -0.148. The van der Waals surface area contributed by atoms with E-state index in [-0.39, 0.29) is 23.7 Å². The third kappa shape index (κ3) is 8.13. The van der Waals surface area contributed by atoms with Gasteiger partial charge in [-0.25, -0.2) is 5.43 Å². The fourth-order valence-corrected chi connectivity index (χ4v) is 4.55. The zero-order chi connectivity index (χ0) is 31.2. The molecule has 228 valence electrons. The Balaban J connectivity index is 1.64. The Kier molecular flexibility index (Phi) is 10.8. The molecule has 1 fully saturated rings. The van der Waals surface area contributed by atoms with Crippen LogP contribution in [0.2, 0.25) is 0 Å². The lowest BCUT2D eigenvalue weighted by atomic mass is 9.92. The molecule has 3 rings (SSSR count). The van der Waals surface area contributed by atoms with E-state index in [0.29, 0.717) is 25.1 Å². The summed E-state index contributed by atoms with van der Waals surface area (Å²) in [6.07, 6.45) is 3.59. The van der Waals surface area contributed by atoms with Crippen molar-refractivity contribution in [2.24, 2.45) is 11.3 Å². The molecular formula is C31H43N5O6. The second-order valence-corrected chi connectivity index (χ2v) is 11.7. The van der Waals surface area contributed by atoms with Gasteiger partial charge in [0.05, 0.1) is 29.8 Å². The number of fused-ring (bicyclic) bond motifs is 1. The molecular weight excluding hydrogens is 538 g/mol. The Hall–Kier alpha value is -3.83. The van der Waals surface area contributed by atoms with Crippen molar-refractivity contribution in [2.75, 3.05) is 13.7 Å². The Bertz CT molecular complexity index is 1340. The summed E-state index contributed by atoms with van der Waals surface area (Å²) in [6.45, 7) is 10.8. The Morgan fingerprint density at radius 1 is 1.12 bits per heavy atom. The van der Waals surface area contributed by atoms with Crippen LogP contribution in [0.5, 0.6) is 0 Å². The first-order valence-electron chi connectivity index (χ1n) is 14.3. The fourth-order valence-electron chi connectivity index (χ4n) is 4.55. The van der Waals surface area contributed by atoms with Crippen LogP contribution in [0, 0.1) is 11.3 Å². The summed E-state index contributed by atoms with van der Waals surface area (Å²) < 4.78 is 4.86. The van der Waals surface area contributed by atoms with Gasteiger partial charge in [-0.2, -0.15) is 0 Å². The molecule has 0 unspecified atom stereocenters. The van der Waals surface area contributed by atoms with Crippen molar-refractivity contribution in [1.82, 2.24) is 26.1 Å². The molecule has 1 aromatic carbocycles. The van der Waals surface area contributed by atoms with E-state index in [0.717, 1.165) is 16.5 Å². The van der Waals surface area contributed by atoms with Crippen LogP contribution < -0.4 is 16.1 Å². The van der Waals surface area contributed by atoms with E-state index in [4.69, 9.17) is 9.72 Å². The number of benzene rings is 1. The molecule has 11 nitrogen and oxygen atoms in total. The molecule has 0 spiro atoms. The minimum absolute atomic E-state index is 0.268. The van der Waals surface area contributed by atoms with E-state index in [1.54, 1.807) is 40.7 Å². The van der Waals surface area contributed by atoms with Crippen molar-refractivity contribution in [2.45, 2.75) is 78.6 Å². The van der Waals surface area contributed by atoms with Crippen LogP contribution in [0.4, 0.5) is 0 Å². The van der Waals surface area contributed by atoms with Crippen molar-refractivity contribution in [3.8, 4) is 0 Å². The van der Waals surface area contributed by atoms with Gasteiger partial charge in [-0.05, 0) is 64.2 Å². The largest absolute Gasteiger partial charge is 0.468 e. The van der Waals surface area contributed by atoms with E-state index in [9.17, 15) is 24.3 Å². The maximum Gasteiger partial charge on any atom is 0.315 e. The molecule has 1 aliphatic rings. The first kappa shape index (κ1) is 32.7. The zero-order valence-electron chi connectivity index (χ0n) is 25.4. The maximum atomic E-state index is 13.1. The highest BCUT2D eigenvalue weighted by Gasteiger charge is 2.32. The molecule has 3 amide bonds. The van der Waals surface area contributed by atoms with Crippen molar-refractivity contribution in [3.63, 3.8) is 0 Å². The quantitative estimate of drug-likeness (QED) is 0.313. The van der Waals surface area contributed by atoms with Gasteiger partial charge in [-0.3, -0.25) is 29.2 Å². The standard InChI is InChI=1S/C31H43N5O6/c1-18(2)26(37)28(39)33-20(4)29(40)36-16-8-9-24(35-36)27(38)32-19(3)23-13-12-22-11-10-21(17-25(22)34-23)14-15-31(5,6)30(41)42-7/h10-15,17-20,24,26,35,37H,8-9,16H2,1-7H3,(H,32,38)(H,33,39)/b15-14+/t19-,20+,24+,26+/m1/s1. The molecule has 0 aliphatic carbocycles. The number of esters is 1. The summed E-state index contributed by atoms with van der Waals surface area (Å²) in [5, 5.41) is 17.8. The van der Waals surface area contributed by atoms with Gasteiger partial charge in [0.25, 0.3) is 5.91 Å². The van der Waals surface area contributed by atoms with Crippen molar-refractivity contribution >= 4 is 40.7 Å². The normalized spacial score (nSPS) is 18.0. The van der Waals surface area contributed by atoms with Crippen LogP contribution in [0.3, 0.4) is 0 Å². The lowest BCUT2D eigenvalue weighted by Crippen LogP contribution is -2.61. The fraction of sp³-hybridized carbons (Fsp3) is 0.516. The van der Waals surface area contributed by atoms with E-state index < -0.39 is 35.6 Å². The van der Waals surface area contributed by atoms with Gasteiger partial charge in [0, 0.05) is 11.9 Å². The number of aliphatic hydroxyl groups is 1. The molecule has 2 aromatic rings. The van der Waals surface area contributed by atoms with Crippen LogP contribution in [-0.4, -0.2) is 70.6 Å². The first-order chi connectivity index (χ1) is 19.7. The highest BCUT2D eigenvalue weighted by Crippen LogP contribution is 2.23. The molecule has 2 heterocycles. The molecule has 0 bridgehead atoms. The summed E-state index contributed by atoms with van der Waals surface area (Å²) in [5.41, 5.74) is 4.52. The van der Waals surface area contributed by atoms with Gasteiger partial charge in [0.2, 0.25) is 11.8 Å². The highest BCUT2D eigenvalue weighted by molar-refractivity contribution is 5.89. The van der Waals surface area contributed by atoms with E-state index in [2.05, 4.69) is 16.1 Å². The predicted molar refractivity (Wildman–Crippen MR) is 159 cm³/mol.